The summed E-state index contributed by atoms with van der Waals surface area (Å²) in [6, 6.07) is 10.3. The number of hydrogen-bond donors (Lipinski definition) is 1. The van der Waals surface area contributed by atoms with Crippen LogP contribution in [0, 0.1) is 5.82 Å². The van der Waals surface area contributed by atoms with Gasteiger partial charge in [-0.05, 0) is 42.1 Å². The number of thioether (sulfide) groups is 1. The minimum Gasteiger partial charge on any atom is -0.440 e. The van der Waals surface area contributed by atoms with Gasteiger partial charge in [0.2, 0.25) is 11.0 Å². The summed E-state index contributed by atoms with van der Waals surface area (Å²) in [6.45, 7) is 0.834. The fraction of sp³-hybridized carbons (Fsp3) is 0.167. The van der Waals surface area contributed by atoms with Gasteiger partial charge >= 0.3 is 0 Å². The molecule has 4 aromatic rings. The zero-order chi connectivity index (χ0) is 18.5. The zero-order valence-corrected chi connectivity index (χ0v) is 16.5. The largest absolute Gasteiger partial charge is 0.440 e. The van der Waals surface area contributed by atoms with Gasteiger partial charge in [-0.15, -0.1) is 21.5 Å². The summed E-state index contributed by atoms with van der Waals surface area (Å²) in [7, 11) is 0. The molecule has 3 aromatic heterocycles. The number of oxazole rings is 1. The highest BCUT2D eigenvalue weighted by Crippen LogP contribution is 2.29. The van der Waals surface area contributed by atoms with Gasteiger partial charge in [0.25, 0.3) is 0 Å². The summed E-state index contributed by atoms with van der Waals surface area (Å²) in [4.78, 5) is 5.63. The van der Waals surface area contributed by atoms with Gasteiger partial charge in [-0.1, -0.05) is 29.2 Å². The molecule has 0 saturated carbocycles. The molecule has 0 aliphatic carbocycles. The first-order valence-electron chi connectivity index (χ1n) is 8.19. The van der Waals surface area contributed by atoms with Crippen molar-refractivity contribution in [1.82, 2.24) is 15.2 Å². The Hall–Kier alpha value is -2.23. The number of halogens is 1. The fourth-order valence-corrected chi connectivity index (χ4v) is 4.68. The Bertz CT molecular complexity index is 982. The molecule has 3 heterocycles. The minimum atomic E-state index is -0.273. The highest BCUT2D eigenvalue weighted by atomic mass is 32.2. The van der Waals surface area contributed by atoms with E-state index in [2.05, 4.69) is 38.0 Å². The summed E-state index contributed by atoms with van der Waals surface area (Å²) < 4.78 is 19.6. The van der Waals surface area contributed by atoms with Gasteiger partial charge in [-0.2, -0.15) is 0 Å². The smallest absolute Gasteiger partial charge is 0.206 e. The molecule has 0 atom stereocenters. The molecule has 0 bridgehead atoms. The third-order valence-corrected chi connectivity index (χ3v) is 6.57. The van der Waals surface area contributed by atoms with Gasteiger partial charge in [0.05, 0.1) is 11.9 Å². The van der Waals surface area contributed by atoms with Crippen LogP contribution in [0.25, 0.3) is 11.3 Å². The Balaban J connectivity index is 1.28. The van der Waals surface area contributed by atoms with Crippen LogP contribution in [0.1, 0.15) is 10.8 Å². The van der Waals surface area contributed by atoms with E-state index in [1.54, 1.807) is 29.7 Å². The molecule has 0 amide bonds. The minimum absolute atomic E-state index is 0.273. The topological polar surface area (TPSA) is 63.8 Å². The van der Waals surface area contributed by atoms with Crippen LogP contribution in [0.4, 0.5) is 9.52 Å². The Morgan fingerprint density at radius 3 is 2.85 bits per heavy atom. The van der Waals surface area contributed by atoms with Crippen molar-refractivity contribution < 1.29 is 8.81 Å². The predicted molar refractivity (Wildman–Crippen MR) is 108 cm³/mol. The molecule has 9 heteroatoms. The lowest BCUT2D eigenvalue weighted by Gasteiger charge is -1.99. The van der Waals surface area contributed by atoms with Gasteiger partial charge in [0.1, 0.15) is 5.82 Å². The van der Waals surface area contributed by atoms with Crippen molar-refractivity contribution in [2.24, 2.45) is 0 Å². The molecular weight excluding hydrogens is 403 g/mol. The lowest BCUT2D eigenvalue weighted by Crippen LogP contribution is -2.03. The fourth-order valence-electron chi connectivity index (χ4n) is 2.34. The molecule has 27 heavy (non-hydrogen) atoms. The van der Waals surface area contributed by atoms with E-state index in [1.165, 1.54) is 40.1 Å². The highest BCUT2D eigenvalue weighted by molar-refractivity contribution is 8.00. The molecule has 0 aliphatic heterocycles. The molecule has 0 unspecified atom stereocenters. The van der Waals surface area contributed by atoms with Crippen molar-refractivity contribution in [3.05, 3.63) is 64.6 Å². The van der Waals surface area contributed by atoms with E-state index in [0.29, 0.717) is 17.4 Å². The van der Waals surface area contributed by atoms with E-state index in [1.807, 2.05) is 0 Å². The molecule has 0 fully saturated rings. The van der Waals surface area contributed by atoms with Crippen LogP contribution in [0.3, 0.4) is 0 Å². The number of nitrogens with one attached hydrogen (secondary N) is 1. The van der Waals surface area contributed by atoms with E-state index in [9.17, 15) is 4.39 Å². The Morgan fingerprint density at radius 2 is 2.04 bits per heavy atom. The Kier molecular flexibility index (Phi) is 5.81. The van der Waals surface area contributed by atoms with E-state index in [0.717, 1.165) is 28.0 Å². The van der Waals surface area contributed by atoms with Crippen molar-refractivity contribution in [2.45, 2.75) is 16.5 Å². The summed E-state index contributed by atoms with van der Waals surface area (Å²) in [5.41, 5.74) is 0.799. The second kappa shape index (κ2) is 8.64. The number of anilines is 1. The molecule has 1 aromatic carbocycles. The number of nitrogens with zero attached hydrogens (tertiary/aromatic N) is 3. The highest BCUT2D eigenvalue weighted by Gasteiger charge is 2.10. The van der Waals surface area contributed by atoms with Crippen molar-refractivity contribution in [2.75, 3.05) is 11.9 Å². The Morgan fingerprint density at radius 1 is 1.15 bits per heavy atom. The predicted octanol–water partition coefficient (Wildman–Crippen LogP) is 5.34. The van der Waals surface area contributed by atoms with Crippen molar-refractivity contribution in [3.63, 3.8) is 0 Å². The average Bonchev–Trinajstić information content (AvgIpc) is 3.43. The van der Waals surface area contributed by atoms with Crippen molar-refractivity contribution in [3.8, 4) is 11.3 Å². The molecule has 4 rings (SSSR count). The molecule has 0 saturated heterocycles. The van der Waals surface area contributed by atoms with Gasteiger partial charge < -0.3 is 9.73 Å². The molecule has 0 aliphatic rings. The van der Waals surface area contributed by atoms with E-state index >= 15 is 0 Å². The van der Waals surface area contributed by atoms with E-state index in [4.69, 9.17) is 4.42 Å². The SMILES string of the molecule is Fc1ccc(-c2cnc(CSc3nnc(NCCc4cccs4)s3)o2)cc1. The monoisotopic (exact) mass is 418 g/mol. The summed E-state index contributed by atoms with van der Waals surface area (Å²) in [6.07, 6.45) is 2.63. The lowest BCUT2D eigenvalue weighted by atomic mass is 10.2. The van der Waals surface area contributed by atoms with Gasteiger partial charge in [0.15, 0.2) is 10.1 Å². The first kappa shape index (κ1) is 18.1. The van der Waals surface area contributed by atoms with Gasteiger partial charge in [-0.25, -0.2) is 9.37 Å². The van der Waals surface area contributed by atoms with Crippen LogP contribution >= 0.6 is 34.4 Å². The number of hydrogen-bond acceptors (Lipinski definition) is 8. The first-order valence-corrected chi connectivity index (χ1v) is 10.9. The second-order valence-electron chi connectivity index (χ2n) is 5.54. The van der Waals surface area contributed by atoms with E-state index < -0.39 is 0 Å². The summed E-state index contributed by atoms with van der Waals surface area (Å²) in [5, 5.41) is 14.5. The van der Waals surface area contributed by atoms with Crippen molar-refractivity contribution in [1.29, 1.82) is 0 Å². The molecule has 0 spiro atoms. The quantitative estimate of drug-likeness (QED) is 0.390. The second-order valence-corrected chi connectivity index (χ2v) is 8.78. The number of thiophene rings is 1. The first-order chi connectivity index (χ1) is 13.3. The third kappa shape index (κ3) is 4.94. The maximum absolute atomic E-state index is 13.0. The Labute approximate surface area is 167 Å². The standard InChI is InChI=1S/C18H15FN4OS3/c19-13-5-3-12(4-6-13)15-10-21-16(24-15)11-26-18-23-22-17(27-18)20-8-7-14-2-1-9-25-14/h1-6,9-10H,7-8,11H2,(H,20,22). The summed E-state index contributed by atoms with van der Waals surface area (Å²) in [5.74, 6) is 1.51. The number of aromatic nitrogens is 3. The van der Waals surface area contributed by atoms with Gasteiger partial charge in [-0.3, -0.25) is 0 Å². The molecule has 0 radical (unpaired) electrons. The van der Waals surface area contributed by atoms with Crippen LogP contribution < -0.4 is 5.32 Å². The summed E-state index contributed by atoms with van der Waals surface area (Å²) >= 11 is 4.80. The normalized spacial score (nSPS) is 11.0. The molecule has 1 N–H and O–H groups in total. The van der Waals surface area contributed by atoms with Crippen molar-refractivity contribution >= 4 is 39.6 Å². The van der Waals surface area contributed by atoms with Gasteiger partial charge in [0, 0.05) is 17.0 Å². The van der Waals surface area contributed by atoms with Crippen LogP contribution in [0.2, 0.25) is 0 Å². The van der Waals surface area contributed by atoms with Crippen LogP contribution in [0.5, 0.6) is 0 Å². The molecule has 138 valence electrons. The maximum atomic E-state index is 13.0. The molecule has 5 nitrogen and oxygen atoms in total. The molecular formula is C18H15FN4OS3. The maximum Gasteiger partial charge on any atom is 0.206 e. The number of rotatable bonds is 8. The van der Waals surface area contributed by atoms with E-state index in [-0.39, 0.29) is 5.82 Å². The zero-order valence-electron chi connectivity index (χ0n) is 14.1. The van der Waals surface area contributed by atoms with Crippen LogP contribution in [-0.4, -0.2) is 21.7 Å². The van der Waals surface area contributed by atoms with Crippen LogP contribution in [-0.2, 0) is 12.2 Å². The third-order valence-electron chi connectivity index (χ3n) is 3.64. The lowest BCUT2D eigenvalue weighted by molar-refractivity contribution is 0.530. The number of benzene rings is 1. The van der Waals surface area contributed by atoms with Crippen LogP contribution in [0.15, 0.2) is 56.7 Å². The average molecular weight is 419 g/mol.